The van der Waals surface area contributed by atoms with Crippen molar-refractivity contribution < 1.29 is 8.42 Å². The third-order valence-corrected chi connectivity index (χ3v) is 5.86. The summed E-state index contributed by atoms with van der Waals surface area (Å²) in [6, 6.07) is 4.64. The van der Waals surface area contributed by atoms with Crippen LogP contribution in [0.5, 0.6) is 0 Å². The largest absolute Gasteiger partial charge is 0.243 e. The molecule has 0 aliphatic heterocycles. The minimum Gasteiger partial charge on any atom is -0.207 e. The zero-order valence-corrected chi connectivity index (χ0v) is 13.7. The van der Waals surface area contributed by atoms with E-state index < -0.39 is 10.0 Å². The number of hydrogen-bond acceptors (Lipinski definition) is 2. The molecule has 0 fully saturated rings. The lowest BCUT2D eigenvalue weighted by Crippen LogP contribution is -2.36. The number of hydrogen-bond donors (Lipinski definition) is 0. The average Bonchev–Trinajstić information content (AvgIpc) is 2.40. The van der Waals surface area contributed by atoms with Gasteiger partial charge in [-0.15, -0.1) is 11.6 Å². The molecule has 0 aromatic heterocycles. The molecule has 0 spiro atoms. The summed E-state index contributed by atoms with van der Waals surface area (Å²) < 4.78 is 26.4. The second-order valence-corrected chi connectivity index (χ2v) is 7.05. The van der Waals surface area contributed by atoms with Gasteiger partial charge >= 0.3 is 0 Å². The number of nitrogens with zero attached hydrogens (tertiary/aromatic N) is 1. The molecule has 0 saturated heterocycles. The second kappa shape index (κ2) is 6.93. The standard InChI is InChI=1S/C13H19Cl2NO2S/c1-4-11(5-2)16(3)19(17,18)12-6-7-13(15)10(8-12)9-14/h6-8,11H,4-5,9H2,1-3H3. The first kappa shape index (κ1) is 16.8. The van der Waals surface area contributed by atoms with Crippen molar-refractivity contribution in [2.75, 3.05) is 7.05 Å². The Bertz CT molecular complexity index is 527. The molecule has 0 aliphatic carbocycles. The lowest BCUT2D eigenvalue weighted by atomic mass is 10.2. The van der Waals surface area contributed by atoms with Crippen LogP contribution in [0.3, 0.4) is 0 Å². The summed E-state index contributed by atoms with van der Waals surface area (Å²) in [5, 5.41) is 0.485. The topological polar surface area (TPSA) is 37.4 Å². The Labute approximate surface area is 125 Å². The number of alkyl halides is 1. The minimum atomic E-state index is -3.50. The van der Waals surface area contributed by atoms with Crippen molar-refractivity contribution in [1.29, 1.82) is 0 Å². The first-order chi connectivity index (χ1) is 8.88. The van der Waals surface area contributed by atoms with Crippen molar-refractivity contribution in [3.05, 3.63) is 28.8 Å². The molecule has 1 aromatic carbocycles. The fraction of sp³-hybridized carbons (Fsp3) is 0.538. The number of sulfonamides is 1. The second-order valence-electron chi connectivity index (χ2n) is 4.38. The summed E-state index contributed by atoms with van der Waals surface area (Å²) in [6.07, 6.45) is 1.56. The van der Waals surface area contributed by atoms with E-state index in [0.717, 1.165) is 12.8 Å². The molecule has 3 nitrogen and oxygen atoms in total. The van der Waals surface area contributed by atoms with Gasteiger partial charge in [-0.05, 0) is 36.6 Å². The van der Waals surface area contributed by atoms with Crippen LogP contribution in [0, 0.1) is 0 Å². The van der Waals surface area contributed by atoms with E-state index in [2.05, 4.69) is 0 Å². The van der Waals surface area contributed by atoms with Crippen molar-refractivity contribution >= 4 is 33.2 Å². The number of benzene rings is 1. The highest BCUT2D eigenvalue weighted by molar-refractivity contribution is 7.89. The van der Waals surface area contributed by atoms with Crippen LogP contribution in [0.25, 0.3) is 0 Å². The van der Waals surface area contributed by atoms with Crippen LogP contribution in [-0.4, -0.2) is 25.8 Å². The number of rotatable bonds is 6. The molecule has 108 valence electrons. The molecule has 1 rings (SSSR count). The first-order valence-electron chi connectivity index (χ1n) is 6.20. The van der Waals surface area contributed by atoms with Gasteiger partial charge in [0.1, 0.15) is 0 Å². The zero-order chi connectivity index (χ0) is 14.6. The smallest absolute Gasteiger partial charge is 0.207 e. The van der Waals surface area contributed by atoms with Gasteiger partial charge in [0.15, 0.2) is 0 Å². The molecule has 0 aliphatic rings. The summed E-state index contributed by atoms with van der Waals surface area (Å²) in [7, 11) is -1.88. The Morgan fingerprint density at radius 3 is 2.32 bits per heavy atom. The van der Waals surface area contributed by atoms with E-state index in [1.165, 1.54) is 10.4 Å². The summed E-state index contributed by atoms with van der Waals surface area (Å²) in [5.41, 5.74) is 0.627. The molecular weight excluding hydrogens is 305 g/mol. The van der Waals surface area contributed by atoms with Gasteiger partial charge in [0.2, 0.25) is 10.0 Å². The maximum absolute atomic E-state index is 12.5. The monoisotopic (exact) mass is 323 g/mol. The Balaban J connectivity index is 3.20. The van der Waals surface area contributed by atoms with E-state index in [4.69, 9.17) is 23.2 Å². The van der Waals surface area contributed by atoms with E-state index in [1.807, 2.05) is 13.8 Å². The van der Waals surface area contributed by atoms with E-state index in [1.54, 1.807) is 19.2 Å². The predicted octanol–water partition coefficient (Wildman–Crippen LogP) is 3.89. The van der Waals surface area contributed by atoms with Gasteiger partial charge in [0.05, 0.1) is 4.90 Å². The van der Waals surface area contributed by atoms with E-state index in [0.29, 0.717) is 10.6 Å². The van der Waals surface area contributed by atoms with Gasteiger partial charge in [-0.1, -0.05) is 25.4 Å². The highest BCUT2D eigenvalue weighted by Crippen LogP contribution is 2.25. The van der Waals surface area contributed by atoms with Crippen LogP contribution in [0.4, 0.5) is 0 Å². The molecule has 0 radical (unpaired) electrons. The molecule has 0 heterocycles. The van der Waals surface area contributed by atoms with Crippen molar-refractivity contribution in [3.63, 3.8) is 0 Å². The fourth-order valence-electron chi connectivity index (χ4n) is 1.98. The van der Waals surface area contributed by atoms with Gasteiger partial charge in [-0.25, -0.2) is 8.42 Å². The van der Waals surface area contributed by atoms with Crippen LogP contribution in [0.2, 0.25) is 5.02 Å². The first-order valence-corrected chi connectivity index (χ1v) is 8.56. The minimum absolute atomic E-state index is 0.000120. The Morgan fingerprint density at radius 1 is 1.26 bits per heavy atom. The third-order valence-electron chi connectivity index (χ3n) is 3.29. The van der Waals surface area contributed by atoms with E-state index in [9.17, 15) is 8.42 Å². The summed E-state index contributed by atoms with van der Waals surface area (Å²) in [5.74, 6) is 0.191. The number of halogens is 2. The third kappa shape index (κ3) is 3.63. The lowest BCUT2D eigenvalue weighted by Gasteiger charge is -2.25. The van der Waals surface area contributed by atoms with Crippen LogP contribution in [-0.2, 0) is 15.9 Å². The van der Waals surface area contributed by atoms with E-state index in [-0.39, 0.29) is 16.8 Å². The molecular formula is C13H19Cl2NO2S. The molecule has 0 amide bonds. The van der Waals surface area contributed by atoms with Crippen molar-refractivity contribution in [1.82, 2.24) is 4.31 Å². The molecule has 1 aromatic rings. The molecule has 0 N–H and O–H groups in total. The Kier molecular flexibility index (Phi) is 6.12. The Morgan fingerprint density at radius 2 is 1.84 bits per heavy atom. The van der Waals surface area contributed by atoms with Gasteiger partial charge < -0.3 is 0 Å². The van der Waals surface area contributed by atoms with Gasteiger partial charge in [0.25, 0.3) is 0 Å². The maximum Gasteiger partial charge on any atom is 0.243 e. The van der Waals surface area contributed by atoms with Crippen LogP contribution >= 0.6 is 23.2 Å². The zero-order valence-electron chi connectivity index (χ0n) is 11.4. The molecule has 6 heteroatoms. The predicted molar refractivity (Wildman–Crippen MR) is 80.3 cm³/mol. The molecule has 0 atom stereocenters. The highest BCUT2D eigenvalue weighted by Gasteiger charge is 2.26. The molecule has 0 unspecified atom stereocenters. The van der Waals surface area contributed by atoms with Crippen LogP contribution < -0.4 is 0 Å². The summed E-state index contributed by atoms with van der Waals surface area (Å²) in [4.78, 5) is 0.238. The quantitative estimate of drug-likeness (QED) is 0.745. The van der Waals surface area contributed by atoms with Gasteiger partial charge in [-0.3, -0.25) is 0 Å². The van der Waals surface area contributed by atoms with Crippen molar-refractivity contribution in [2.45, 2.75) is 43.5 Å². The van der Waals surface area contributed by atoms with Gasteiger partial charge in [-0.2, -0.15) is 4.31 Å². The fourth-order valence-corrected chi connectivity index (χ4v) is 4.01. The van der Waals surface area contributed by atoms with Crippen molar-refractivity contribution in [2.24, 2.45) is 0 Å². The highest BCUT2D eigenvalue weighted by atomic mass is 35.5. The molecule has 0 saturated carbocycles. The molecule has 19 heavy (non-hydrogen) atoms. The average molecular weight is 324 g/mol. The van der Waals surface area contributed by atoms with Gasteiger partial charge in [0, 0.05) is 24.0 Å². The van der Waals surface area contributed by atoms with E-state index >= 15 is 0 Å². The summed E-state index contributed by atoms with van der Waals surface area (Å²) >= 11 is 11.7. The SMILES string of the molecule is CCC(CC)N(C)S(=O)(=O)c1ccc(Cl)c(CCl)c1. The van der Waals surface area contributed by atoms with Crippen LogP contribution in [0.1, 0.15) is 32.3 Å². The molecule has 0 bridgehead atoms. The maximum atomic E-state index is 12.5. The summed E-state index contributed by atoms with van der Waals surface area (Å²) in [6.45, 7) is 3.96. The van der Waals surface area contributed by atoms with Crippen molar-refractivity contribution in [3.8, 4) is 0 Å². The lowest BCUT2D eigenvalue weighted by molar-refractivity contribution is 0.349. The normalized spacial score (nSPS) is 12.4. The van der Waals surface area contributed by atoms with Crippen LogP contribution in [0.15, 0.2) is 23.1 Å². The Hall–Kier alpha value is -0.290.